The third-order valence-corrected chi connectivity index (χ3v) is 9.13. The van der Waals surface area contributed by atoms with Gasteiger partial charge in [0.25, 0.3) is 0 Å². The highest BCUT2D eigenvalue weighted by atomic mass is 32.2. The number of benzene rings is 6. The van der Waals surface area contributed by atoms with E-state index in [0.29, 0.717) is 23.0 Å². The van der Waals surface area contributed by atoms with Gasteiger partial charge in [0.2, 0.25) is 9.84 Å². The normalized spacial score (nSPS) is 11.2. The fourth-order valence-electron chi connectivity index (χ4n) is 4.80. The average molecular weight is 615 g/mol. The van der Waals surface area contributed by atoms with Gasteiger partial charge in [0.05, 0.1) is 23.5 Å². The third-order valence-electron chi connectivity index (χ3n) is 7.34. The van der Waals surface area contributed by atoms with E-state index in [9.17, 15) is 13.5 Å². The first-order valence-corrected chi connectivity index (χ1v) is 15.8. The highest BCUT2D eigenvalue weighted by molar-refractivity contribution is 7.91. The number of aliphatic hydroxyl groups is 1. The summed E-state index contributed by atoms with van der Waals surface area (Å²) in [5.41, 5.74) is 5.02. The number of rotatable bonds is 10. The zero-order valence-corrected chi connectivity index (χ0v) is 25.3. The zero-order chi connectivity index (χ0) is 31.2. The Kier molecular flexibility index (Phi) is 8.64. The summed E-state index contributed by atoms with van der Waals surface area (Å²) in [7, 11) is -2.10. The minimum Gasteiger partial charge on any atom is -0.497 e. The fraction of sp³-hybridized carbons (Fsp3) is 0.0526. The molecule has 6 rings (SSSR count). The minimum absolute atomic E-state index is 0.0113. The molecule has 0 atom stereocenters. The Balaban J connectivity index is 1.08. The molecule has 0 saturated carbocycles. The Labute approximate surface area is 262 Å². The molecule has 0 fully saturated rings. The molecule has 0 aliphatic rings. The van der Waals surface area contributed by atoms with E-state index >= 15 is 0 Å². The maximum absolute atomic E-state index is 13.3. The van der Waals surface area contributed by atoms with Gasteiger partial charge in [-0.25, -0.2) is 8.42 Å². The van der Waals surface area contributed by atoms with E-state index in [-0.39, 0.29) is 16.4 Å². The van der Waals surface area contributed by atoms with E-state index < -0.39 is 9.84 Å². The van der Waals surface area contributed by atoms with E-state index in [1.165, 1.54) is 12.1 Å². The van der Waals surface area contributed by atoms with Gasteiger partial charge in [-0.1, -0.05) is 60.7 Å². The van der Waals surface area contributed by atoms with Crippen LogP contribution in [0.2, 0.25) is 0 Å². The Morgan fingerprint density at radius 3 is 1.04 bits per heavy atom. The number of aliphatic hydroxyl groups excluding tert-OH is 1. The zero-order valence-electron chi connectivity index (χ0n) is 24.5. The monoisotopic (exact) mass is 614 g/mol. The van der Waals surface area contributed by atoms with E-state index in [1.54, 1.807) is 43.5 Å². The Morgan fingerprint density at radius 2 is 0.733 bits per heavy atom. The summed E-state index contributed by atoms with van der Waals surface area (Å²) in [6, 6.07) is 43.6. The maximum atomic E-state index is 13.3. The SMILES string of the molecule is COc1ccc(-c2ccc(Oc3ccc(S(=O)(=O)c4ccc(Oc5ccc(-c6ccc(CO)cc6)cc5)cc4)cc3)cc2)cc1. The van der Waals surface area contributed by atoms with Crippen molar-refractivity contribution < 1.29 is 27.7 Å². The lowest BCUT2D eigenvalue weighted by molar-refractivity contribution is 0.282. The van der Waals surface area contributed by atoms with Crippen LogP contribution in [0.1, 0.15) is 5.56 Å². The lowest BCUT2D eigenvalue weighted by Crippen LogP contribution is -2.01. The minimum atomic E-state index is -3.74. The van der Waals surface area contributed by atoms with Crippen LogP contribution in [0.5, 0.6) is 28.7 Å². The van der Waals surface area contributed by atoms with Crippen molar-refractivity contribution in [3.05, 3.63) is 151 Å². The van der Waals surface area contributed by atoms with Gasteiger partial charge in [-0.3, -0.25) is 0 Å². The van der Waals surface area contributed by atoms with Crippen molar-refractivity contribution in [1.82, 2.24) is 0 Å². The second kappa shape index (κ2) is 13.1. The van der Waals surface area contributed by atoms with E-state index in [2.05, 4.69) is 0 Å². The second-order valence-electron chi connectivity index (χ2n) is 10.3. The Bertz CT molecular complexity index is 1820. The van der Waals surface area contributed by atoms with Crippen molar-refractivity contribution in [3.8, 4) is 51.0 Å². The molecule has 6 aromatic rings. The van der Waals surface area contributed by atoms with Gasteiger partial charge in [-0.2, -0.15) is 0 Å². The molecule has 224 valence electrons. The number of sulfone groups is 1. The summed E-state index contributed by atoms with van der Waals surface area (Å²) in [6.45, 7) is 0.0113. The molecule has 45 heavy (non-hydrogen) atoms. The van der Waals surface area contributed by atoms with Crippen LogP contribution in [0.3, 0.4) is 0 Å². The molecule has 6 aromatic carbocycles. The van der Waals surface area contributed by atoms with E-state index in [1.807, 2.05) is 97.1 Å². The van der Waals surface area contributed by atoms with Gasteiger partial charge in [0, 0.05) is 0 Å². The number of ether oxygens (including phenoxy) is 3. The van der Waals surface area contributed by atoms with E-state index in [4.69, 9.17) is 14.2 Å². The first-order valence-electron chi connectivity index (χ1n) is 14.3. The second-order valence-corrected chi connectivity index (χ2v) is 12.2. The predicted octanol–water partition coefficient (Wildman–Crippen LogP) is 8.94. The molecule has 0 bridgehead atoms. The topological polar surface area (TPSA) is 82.1 Å². The van der Waals surface area contributed by atoms with Crippen LogP contribution in [0, 0.1) is 0 Å². The Hall–Kier alpha value is -5.37. The first kappa shape index (κ1) is 29.7. The molecule has 0 radical (unpaired) electrons. The highest BCUT2D eigenvalue weighted by Crippen LogP contribution is 2.31. The Morgan fingerprint density at radius 1 is 0.444 bits per heavy atom. The van der Waals surface area contributed by atoms with Crippen LogP contribution >= 0.6 is 0 Å². The van der Waals surface area contributed by atoms with Crippen molar-refractivity contribution in [2.75, 3.05) is 7.11 Å². The van der Waals surface area contributed by atoms with Crippen LogP contribution in [0.15, 0.2) is 155 Å². The molecule has 0 heterocycles. The molecule has 6 nitrogen and oxygen atoms in total. The average Bonchev–Trinajstić information content (AvgIpc) is 3.09. The summed E-state index contributed by atoms with van der Waals surface area (Å²) >= 11 is 0. The number of hydrogen-bond acceptors (Lipinski definition) is 6. The molecular weight excluding hydrogens is 584 g/mol. The van der Waals surface area contributed by atoms with Crippen molar-refractivity contribution in [2.45, 2.75) is 16.4 Å². The van der Waals surface area contributed by atoms with Crippen molar-refractivity contribution in [2.24, 2.45) is 0 Å². The van der Waals surface area contributed by atoms with Crippen LogP contribution in [0.25, 0.3) is 22.3 Å². The quantitative estimate of drug-likeness (QED) is 0.166. The van der Waals surface area contributed by atoms with Gasteiger partial charge in [0.15, 0.2) is 0 Å². The molecule has 0 unspecified atom stereocenters. The van der Waals surface area contributed by atoms with Crippen LogP contribution in [0.4, 0.5) is 0 Å². The predicted molar refractivity (Wildman–Crippen MR) is 175 cm³/mol. The third kappa shape index (κ3) is 6.91. The lowest BCUT2D eigenvalue weighted by atomic mass is 10.0. The van der Waals surface area contributed by atoms with Gasteiger partial charge >= 0.3 is 0 Å². The molecule has 0 saturated heterocycles. The molecule has 0 aliphatic carbocycles. The molecule has 1 N–H and O–H groups in total. The van der Waals surface area contributed by atoms with Gasteiger partial charge < -0.3 is 19.3 Å². The van der Waals surface area contributed by atoms with Crippen LogP contribution < -0.4 is 14.2 Å². The highest BCUT2D eigenvalue weighted by Gasteiger charge is 2.18. The molecule has 0 aromatic heterocycles. The van der Waals surface area contributed by atoms with Crippen molar-refractivity contribution >= 4 is 9.84 Å². The molecule has 0 amide bonds. The summed E-state index contributed by atoms with van der Waals surface area (Å²) in [4.78, 5) is 0.334. The van der Waals surface area contributed by atoms with E-state index in [0.717, 1.165) is 33.6 Å². The van der Waals surface area contributed by atoms with Crippen LogP contribution in [-0.4, -0.2) is 20.6 Å². The number of hydrogen-bond donors (Lipinski definition) is 1. The summed E-state index contributed by atoms with van der Waals surface area (Å²) < 4.78 is 43.7. The summed E-state index contributed by atoms with van der Waals surface area (Å²) in [5.74, 6) is 3.13. The van der Waals surface area contributed by atoms with Gasteiger partial charge in [0.1, 0.15) is 28.7 Å². The smallest absolute Gasteiger partial charge is 0.206 e. The fourth-order valence-corrected chi connectivity index (χ4v) is 6.06. The van der Waals surface area contributed by atoms with Gasteiger partial charge in [-0.15, -0.1) is 0 Å². The molecule has 0 spiro atoms. The number of methoxy groups -OCH3 is 1. The summed E-state index contributed by atoms with van der Waals surface area (Å²) in [6.07, 6.45) is 0. The lowest BCUT2D eigenvalue weighted by Gasteiger charge is -2.10. The summed E-state index contributed by atoms with van der Waals surface area (Å²) in [5, 5.41) is 9.24. The van der Waals surface area contributed by atoms with Crippen molar-refractivity contribution in [3.63, 3.8) is 0 Å². The largest absolute Gasteiger partial charge is 0.497 e. The molecular formula is C38H30O6S. The molecule has 7 heteroatoms. The van der Waals surface area contributed by atoms with Gasteiger partial charge in [-0.05, 0) is 113 Å². The first-order chi connectivity index (χ1) is 21.9. The van der Waals surface area contributed by atoms with Crippen molar-refractivity contribution in [1.29, 1.82) is 0 Å². The van der Waals surface area contributed by atoms with Crippen LogP contribution in [-0.2, 0) is 16.4 Å². The standard InChI is InChI=1S/C38H30O6S/c1-42-32-12-6-29(7-13-32)31-10-16-34(17-11-31)44-36-20-24-38(25-21-36)45(40,41)37-22-18-35(19-23-37)43-33-14-8-30(9-15-33)28-4-2-27(26-39)3-5-28/h2-25,39H,26H2,1H3. The molecule has 0 aliphatic heterocycles. The maximum Gasteiger partial charge on any atom is 0.206 e.